The van der Waals surface area contributed by atoms with Crippen LogP contribution in [0.5, 0.6) is 0 Å². The Labute approximate surface area is 108 Å². The van der Waals surface area contributed by atoms with Gasteiger partial charge in [-0.3, -0.25) is 4.79 Å². The van der Waals surface area contributed by atoms with E-state index in [-0.39, 0.29) is 0 Å². The molecule has 1 aromatic carbocycles. The molecule has 18 heavy (non-hydrogen) atoms. The number of benzene rings is 1. The molecule has 0 saturated carbocycles. The fourth-order valence-corrected chi connectivity index (χ4v) is 2.49. The molecular formula is C15H21NO2. The Bertz CT molecular complexity index is 397. The number of carbonyl (C=O) groups is 1. The van der Waals surface area contributed by atoms with Gasteiger partial charge in [0.2, 0.25) is 0 Å². The van der Waals surface area contributed by atoms with Gasteiger partial charge in [0.15, 0.2) is 0 Å². The van der Waals surface area contributed by atoms with Crippen molar-refractivity contribution >= 4 is 5.78 Å². The van der Waals surface area contributed by atoms with Gasteiger partial charge in [-0.15, -0.1) is 0 Å². The van der Waals surface area contributed by atoms with Crippen molar-refractivity contribution in [3.63, 3.8) is 0 Å². The van der Waals surface area contributed by atoms with Gasteiger partial charge in [0, 0.05) is 32.6 Å². The fraction of sp³-hybridized carbons (Fsp3) is 0.533. The maximum absolute atomic E-state index is 12.1. The summed E-state index contributed by atoms with van der Waals surface area (Å²) in [5.74, 6) is 0.832. The quantitative estimate of drug-likeness (QED) is 0.866. The molecule has 2 N–H and O–H groups in total. The number of Topliss-reactive ketones (excluding diaryl/α,β-unsaturated/α-hetero) is 1. The van der Waals surface area contributed by atoms with Gasteiger partial charge in [0.25, 0.3) is 0 Å². The third-order valence-electron chi connectivity index (χ3n) is 3.58. The Hall–Kier alpha value is -1.19. The molecule has 98 valence electrons. The molecule has 0 radical (unpaired) electrons. The highest BCUT2D eigenvalue weighted by Gasteiger charge is 2.17. The monoisotopic (exact) mass is 247 g/mol. The van der Waals surface area contributed by atoms with Crippen LogP contribution in [0.15, 0.2) is 24.3 Å². The summed E-state index contributed by atoms with van der Waals surface area (Å²) in [4.78, 5) is 12.1. The molecule has 0 aliphatic carbocycles. The molecule has 3 heteroatoms. The molecule has 1 aliphatic heterocycles. The van der Waals surface area contributed by atoms with Crippen LogP contribution in [0.1, 0.15) is 30.4 Å². The molecule has 0 unspecified atom stereocenters. The minimum absolute atomic E-state index is 0.322. The lowest BCUT2D eigenvalue weighted by Crippen LogP contribution is -2.19. The largest absolute Gasteiger partial charge is 0.381 e. The molecule has 0 aromatic heterocycles. The Morgan fingerprint density at radius 1 is 1.22 bits per heavy atom. The lowest BCUT2D eigenvalue weighted by Gasteiger charge is -2.21. The first-order valence-corrected chi connectivity index (χ1v) is 6.66. The highest BCUT2D eigenvalue weighted by molar-refractivity contribution is 5.81. The van der Waals surface area contributed by atoms with Crippen LogP contribution in [0.4, 0.5) is 0 Å². The Balaban J connectivity index is 1.90. The molecule has 0 spiro atoms. The first kappa shape index (κ1) is 13.2. The van der Waals surface area contributed by atoms with E-state index < -0.39 is 0 Å². The topological polar surface area (TPSA) is 52.3 Å². The van der Waals surface area contributed by atoms with Gasteiger partial charge in [-0.05, 0) is 29.9 Å². The predicted molar refractivity (Wildman–Crippen MR) is 71.2 cm³/mol. The van der Waals surface area contributed by atoms with Crippen molar-refractivity contribution in [3.8, 4) is 0 Å². The van der Waals surface area contributed by atoms with Gasteiger partial charge in [-0.1, -0.05) is 24.3 Å². The van der Waals surface area contributed by atoms with Crippen LogP contribution in [-0.4, -0.2) is 19.0 Å². The van der Waals surface area contributed by atoms with Gasteiger partial charge in [0.05, 0.1) is 0 Å². The molecule has 0 amide bonds. The van der Waals surface area contributed by atoms with Crippen molar-refractivity contribution in [2.24, 2.45) is 11.7 Å². The van der Waals surface area contributed by atoms with Crippen molar-refractivity contribution in [1.29, 1.82) is 0 Å². The molecule has 1 aromatic rings. The van der Waals surface area contributed by atoms with Gasteiger partial charge in [-0.25, -0.2) is 0 Å². The van der Waals surface area contributed by atoms with Gasteiger partial charge in [0.1, 0.15) is 5.78 Å². The summed E-state index contributed by atoms with van der Waals surface area (Å²) in [6, 6.07) is 7.94. The maximum atomic E-state index is 12.1. The van der Waals surface area contributed by atoms with E-state index in [1.807, 2.05) is 24.3 Å². The summed E-state index contributed by atoms with van der Waals surface area (Å²) in [6.45, 7) is 2.11. The maximum Gasteiger partial charge on any atom is 0.137 e. The van der Waals surface area contributed by atoms with Crippen LogP contribution in [-0.2, 0) is 22.5 Å². The van der Waals surface area contributed by atoms with Crippen LogP contribution in [0.3, 0.4) is 0 Å². The van der Waals surface area contributed by atoms with Gasteiger partial charge < -0.3 is 10.5 Å². The number of hydrogen-bond donors (Lipinski definition) is 1. The highest BCUT2D eigenvalue weighted by Crippen LogP contribution is 2.20. The minimum Gasteiger partial charge on any atom is -0.381 e. The first-order chi connectivity index (χ1) is 8.79. The summed E-state index contributed by atoms with van der Waals surface area (Å²) >= 11 is 0. The lowest BCUT2D eigenvalue weighted by atomic mass is 9.91. The van der Waals surface area contributed by atoms with Crippen LogP contribution >= 0.6 is 0 Å². The highest BCUT2D eigenvalue weighted by atomic mass is 16.5. The fourth-order valence-electron chi connectivity index (χ4n) is 2.49. The molecule has 1 saturated heterocycles. The van der Waals surface area contributed by atoms with Crippen LogP contribution in [0.2, 0.25) is 0 Å². The number of nitrogens with two attached hydrogens (primary N) is 1. The Morgan fingerprint density at radius 2 is 1.89 bits per heavy atom. The number of carbonyl (C=O) groups excluding carboxylic acids is 1. The number of ketones is 1. The molecule has 1 fully saturated rings. The molecule has 2 rings (SSSR count). The molecule has 0 bridgehead atoms. The van der Waals surface area contributed by atoms with E-state index in [1.54, 1.807) is 0 Å². The van der Waals surface area contributed by atoms with E-state index in [1.165, 1.54) is 0 Å². The molecule has 1 aliphatic rings. The SMILES string of the molecule is NCc1ccccc1CC(=O)CC1CCOCC1. The van der Waals surface area contributed by atoms with E-state index in [2.05, 4.69) is 0 Å². The molecule has 3 nitrogen and oxygen atoms in total. The first-order valence-electron chi connectivity index (χ1n) is 6.66. The van der Waals surface area contributed by atoms with E-state index in [0.717, 1.165) is 37.2 Å². The van der Waals surface area contributed by atoms with E-state index in [0.29, 0.717) is 31.1 Å². The normalized spacial score (nSPS) is 16.7. The zero-order chi connectivity index (χ0) is 12.8. The number of rotatable bonds is 5. The van der Waals surface area contributed by atoms with Crippen molar-refractivity contribution < 1.29 is 9.53 Å². The zero-order valence-corrected chi connectivity index (χ0v) is 10.7. The second-order valence-electron chi connectivity index (χ2n) is 4.95. The van der Waals surface area contributed by atoms with Gasteiger partial charge in [-0.2, -0.15) is 0 Å². The second-order valence-corrected chi connectivity index (χ2v) is 4.95. The number of ether oxygens (including phenoxy) is 1. The summed E-state index contributed by atoms with van der Waals surface area (Å²) in [5.41, 5.74) is 7.84. The lowest BCUT2D eigenvalue weighted by molar-refractivity contribution is -0.120. The van der Waals surface area contributed by atoms with Crippen molar-refractivity contribution in [2.75, 3.05) is 13.2 Å². The third kappa shape index (κ3) is 3.65. The molecule has 0 atom stereocenters. The molecule has 1 heterocycles. The van der Waals surface area contributed by atoms with E-state index >= 15 is 0 Å². The van der Waals surface area contributed by atoms with Crippen LogP contribution < -0.4 is 5.73 Å². The summed E-state index contributed by atoms with van der Waals surface area (Å²) in [5, 5.41) is 0. The van der Waals surface area contributed by atoms with Crippen LogP contribution in [0, 0.1) is 5.92 Å². The van der Waals surface area contributed by atoms with Crippen LogP contribution in [0.25, 0.3) is 0 Å². The van der Waals surface area contributed by atoms with E-state index in [4.69, 9.17) is 10.5 Å². The second kappa shape index (κ2) is 6.66. The number of hydrogen-bond acceptors (Lipinski definition) is 3. The van der Waals surface area contributed by atoms with Crippen molar-refractivity contribution in [2.45, 2.75) is 32.2 Å². The average Bonchev–Trinajstić information content (AvgIpc) is 2.40. The van der Waals surface area contributed by atoms with Crippen molar-refractivity contribution in [3.05, 3.63) is 35.4 Å². The standard InChI is InChI=1S/C15H21NO2/c16-11-14-4-2-1-3-13(14)10-15(17)9-12-5-7-18-8-6-12/h1-4,12H,5-11,16H2. The van der Waals surface area contributed by atoms with Crippen molar-refractivity contribution in [1.82, 2.24) is 0 Å². The average molecular weight is 247 g/mol. The summed E-state index contributed by atoms with van der Waals surface area (Å²) < 4.78 is 5.31. The zero-order valence-electron chi connectivity index (χ0n) is 10.7. The van der Waals surface area contributed by atoms with Gasteiger partial charge >= 0.3 is 0 Å². The predicted octanol–water partition coefficient (Wildman–Crippen LogP) is 2.07. The molecular weight excluding hydrogens is 226 g/mol. The Morgan fingerprint density at radius 3 is 2.56 bits per heavy atom. The smallest absolute Gasteiger partial charge is 0.137 e. The van der Waals surface area contributed by atoms with E-state index in [9.17, 15) is 4.79 Å². The Kier molecular flexibility index (Phi) is 4.90. The third-order valence-corrected chi connectivity index (χ3v) is 3.58. The summed E-state index contributed by atoms with van der Waals surface area (Å²) in [6.07, 6.45) is 3.24. The minimum atomic E-state index is 0.322. The summed E-state index contributed by atoms with van der Waals surface area (Å²) in [7, 11) is 0.